The summed E-state index contributed by atoms with van der Waals surface area (Å²) >= 11 is 11.4. The molecule has 0 unspecified atom stereocenters. The van der Waals surface area contributed by atoms with E-state index in [1.54, 1.807) is 0 Å². The molecule has 1 heterocycles. The lowest BCUT2D eigenvalue weighted by molar-refractivity contribution is -0.137. The molecular weight excluding hydrogens is 227 g/mol. The van der Waals surface area contributed by atoms with Crippen molar-refractivity contribution in [3.8, 4) is 0 Å². The molecular formula is C8H8Cl2N2O2. The number of hydrogen-bond donors (Lipinski definition) is 2. The van der Waals surface area contributed by atoms with Crippen molar-refractivity contribution in [3.63, 3.8) is 0 Å². The summed E-state index contributed by atoms with van der Waals surface area (Å²) in [6.45, 7) is 0. The van der Waals surface area contributed by atoms with Gasteiger partial charge in [0.15, 0.2) is 0 Å². The molecule has 14 heavy (non-hydrogen) atoms. The Morgan fingerprint density at radius 2 is 2.29 bits per heavy atom. The zero-order valence-electron chi connectivity index (χ0n) is 7.08. The third-order valence-corrected chi connectivity index (χ3v) is 2.09. The van der Waals surface area contributed by atoms with E-state index in [2.05, 4.69) is 4.98 Å². The van der Waals surface area contributed by atoms with Crippen molar-refractivity contribution >= 4 is 29.2 Å². The van der Waals surface area contributed by atoms with Gasteiger partial charge in [0.1, 0.15) is 0 Å². The van der Waals surface area contributed by atoms with Gasteiger partial charge in [0.25, 0.3) is 0 Å². The summed E-state index contributed by atoms with van der Waals surface area (Å²) in [5.74, 6) is -0.995. The average molecular weight is 235 g/mol. The van der Waals surface area contributed by atoms with E-state index in [9.17, 15) is 4.79 Å². The molecule has 0 aliphatic rings. The van der Waals surface area contributed by atoms with E-state index in [1.807, 2.05) is 0 Å². The third-order valence-electron chi connectivity index (χ3n) is 1.58. The highest BCUT2D eigenvalue weighted by molar-refractivity contribution is 6.34. The third kappa shape index (κ3) is 2.83. The lowest BCUT2D eigenvalue weighted by atomic mass is 10.1. The quantitative estimate of drug-likeness (QED) is 0.838. The van der Waals surface area contributed by atoms with Gasteiger partial charge in [0.05, 0.1) is 28.2 Å². The van der Waals surface area contributed by atoms with Crippen LogP contribution < -0.4 is 5.73 Å². The molecule has 0 aliphatic carbocycles. The Hall–Kier alpha value is -0.840. The number of carboxylic acids is 1. The first-order valence-electron chi connectivity index (χ1n) is 3.79. The first-order chi connectivity index (χ1) is 6.50. The van der Waals surface area contributed by atoms with E-state index < -0.39 is 12.0 Å². The Balaban J connectivity index is 2.90. The minimum atomic E-state index is -0.995. The molecule has 4 nitrogen and oxygen atoms in total. The van der Waals surface area contributed by atoms with Crippen molar-refractivity contribution in [1.29, 1.82) is 0 Å². The molecule has 1 aromatic heterocycles. The number of rotatable bonds is 3. The molecule has 3 N–H and O–H groups in total. The summed E-state index contributed by atoms with van der Waals surface area (Å²) in [5.41, 5.74) is 5.92. The maximum Gasteiger partial charge on any atom is 0.305 e. The summed E-state index contributed by atoms with van der Waals surface area (Å²) in [7, 11) is 0. The van der Waals surface area contributed by atoms with Crippen LogP contribution >= 0.6 is 23.2 Å². The van der Waals surface area contributed by atoms with Crippen LogP contribution in [0.5, 0.6) is 0 Å². The zero-order valence-corrected chi connectivity index (χ0v) is 8.59. The molecule has 0 aromatic carbocycles. The molecule has 76 valence electrons. The molecule has 1 rings (SSSR count). The van der Waals surface area contributed by atoms with Gasteiger partial charge in [-0.15, -0.1) is 0 Å². The van der Waals surface area contributed by atoms with E-state index in [0.29, 0.717) is 10.7 Å². The predicted octanol–water partition coefficient (Wildman–Crippen LogP) is 1.86. The number of nitrogens with two attached hydrogens (primary N) is 1. The highest BCUT2D eigenvalue weighted by atomic mass is 35.5. The van der Waals surface area contributed by atoms with Gasteiger partial charge >= 0.3 is 5.97 Å². The number of aliphatic carboxylic acids is 1. The van der Waals surface area contributed by atoms with Crippen molar-refractivity contribution < 1.29 is 9.90 Å². The Bertz CT molecular complexity index is 357. The lowest BCUT2D eigenvalue weighted by Crippen LogP contribution is -2.16. The van der Waals surface area contributed by atoms with Gasteiger partial charge in [-0.25, -0.2) is 0 Å². The minimum absolute atomic E-state index is 0.214. The number of halogens is 2. The van der Waals surface area contributed by atoms with Crippen molar-refractivity contribution in [2.24, 2.45) is 5.73 Å². The number of pyridine rings is 1. The molecule has 0 saturated heterocycles. The second-order valence-electron chi connectivity index (χ2n) is 2.72. The van der Waals surface area contributed by atoms with E-state index in [0.717, 1.165) is 0 Å². The molecule has 1 aromatic rings. The largest absolute Gasteiger partial charge is 0.481 e. The fraction of sp³-hybridized carbons (Fsp3) is 0.250. The second-order valence-corrected chi connectivity index (χ2v) is 3.57. The van der Waals surface area contributed by atoms with Crippen LogP contribution in [0.25, 0.3) is 0 Å². The minimum Gasteiger partial charge on any atom is -0.481 e. The van der Waals surface area contributed by atoms with Gasteiger partial charge in [-0.1, -0.05) is 23.2 Å². The number of carboxylic acid groups (broad SMARTS) is 1. The standard InChI is InChI=1S/C8H8Cl2N2O2/c9-4-1-5(10)8(12-3-4)6(11)2-7(13)14/h1,3,6H,2,11H2,(H,13,14)/t6-/m0/s1. The number of carbonyl (C=O) groups is 1. The van der Waals surface area contributed by atoms with Crippen LogP contribution in [0.1, 0.15) is 18.2 Å². The fourth-order valence-electron chi connectivity index (χ4n) is 0.983. The second kappa shape index (κ2) is 4.59. The van der Waals surface area contributed by atoms with Crippen molar-refractivity contribution in [1.82, 2.24) is 4.98 Å². The highest BCUT2D eigenvalue weighted by Gasteiger charge is 2.15. The Morgan fingerprint density at radius 1 is 1.64 bits per heavy atom. The van der Waals surface area contributed by atoms with Crippen molar-refractivity contribution in [2.45, 2.75) is 12.5 Å². The highest BCUT2D eigenvalue weighted by Crippen LogP contribution is 2.23. The van der Waals surface area contributed by atoms with Gasteiger partial charge in [0.2, 0.25) is 0 Å². The molecule has 1 atom stereocenters. The molecule has 6 heteroatoms. The molecule has 0 bridgehead atoms. The SMILES string of the molecule is N[C@@H](CC(=O)O)c1ncc(Cl)cc1Cl. The van der Waals surface area contributed by atoms with Crippen LogP contribution in [0.3, 0.4) is 0 Å². The van der Waals surface area contributed by atoms with Crippen LogP contribution in [-0.2, 0) is 4.79 Å². The van der Waals surface area contributed by atoms with Crippen LogP contribution in [-0.4, -0.2) is 16.1 Å². The van der Waals surface area contributed by atoms with Gasteiger partial charge in [-0.2, -0.15) is 0 Å². The van der Waals surface area contributed by atoms with Crippen LogP contribution in [0, 0.1) is 0 Å². The molecule has 0 amide bonds. The van der Waals surface area contributed by atoms with E-state index in [1.165, 1.54) is 12.3 Å². The summed E-state index contributed by atoms with van der Waals surface area (Å²) in [6.07, 6.45) is 1.17. The Morgan fingerprint density at radius 3 is 2.79 bits per heavy atom. The van der Waals surface area contributed by atoms with E-state index in [4.69, 9.17) is 34.0 Å². The number of nitrogens with zero attached hydrogens (tertiary/aromatic N) is 1. The summed E-state index contributed by atoms with van der Waals surface area (Å²) in [4.78, 5) is 14.3. The first kappa shape index (κ1) is 11.2. The van der Waals surface area contributed by atoms with Crippen molar-refractivity contribution in [2.75, 3.05) is 0 Å². The smallest absolute Gasteiger partial charge is 0.305 e. The number of hydrogen-bond acceptors (Lipinski definition) is 3. The monoisotopic (exact) mass is 234 g/mol. The van der Waals surface area contributed by atoms with Gasteiger partial charge in [0, 0.05) is 6.20 Å². The number of aromatic nitrogens is 1. The normalized spacial score (nSPS) is 12.5. The summed E-state index contributed by atoms with van der Waals surface area (Å²) < 4.78 is 0. The van der Waals surface area contributed by atoms with Crippen LogP contribution in [0.15, 0.2) is 12.3 Å². The maximum absolute atomic E-state index is 10.4. The van der Waals surface area contributed by atoms with Crippen LogP contribution in [0.2, 0.25) is 10.0 Å². The summed E-state index contributed by atoms with van der Waals surface area (Å²) in [6, 6.07) is 0.768. The molecule has 0 fully saturated rings. The van der Waals surface area contributed by atoms with Gasteiger partial charge in [-0.3, -0.25) is 9.78 Å². The van der Waals surface area contributed by atoms with Gasteiger partial charge in [-0.05, 0) is 6.07 Å². The van der Waals surface area contributed by atoms with Gasteiger partial charge < -0.3 is 10.8 Å². The lowest BCUT2D eigenvalue weighted by Gasteiger charge is -2.09. The van der Waals surface area contributed by atoms with E-state index in [-0.39, 0.29) is 11.4 Å². The molecule has 0 saturated carbocycles. The van der Waals surface area contributed by atoms with E-state index >= 15 is 0 Å². The fourth-order valence-corrected chi connectivity index (χ4v) is 1.50. The topological polar surface area (TPSA) is 76.2 Å². The molecule has 0 aliphatic heterocycles. The Kier molecular flexibility index (Phi) is 3.69. The maximum atomic E-state index is 10.4. The summed E-state index contributed by atoms with van der Waals surface area (Å²) in [5, 5.41) is 9.19. The Labute approximate surface area is 90.6 Å². The molecule has 0 radical (unpaired) electrons. The predicted molar refractivity (Wildman–Crippen MR) is 53.4 cm³/mol. The zero-order chi connectivity index (χ0) is 10.7. The first-order valence-corrected chi connectivity index (χ1v) is 4.54. The van der Waals surface area contributed by atoms with Crippen LogP contribution in [0.4, 0.5) is 0 Å². The molecule has 0 spiro atoms. The average Bonchev–Trinajstić information content (AvgIpc) is 2.01. The van der Waals surface area contributed by atoms with Crippen molar-refractivity contribution in [3.05, 3.63) is 28.0 Å².